The maximum Gasteiger partial charge on any atom is 0.182 e. The minimum Gasteiger partial charge on any atom is -0.492 e. The fraction of sp³-hybridized carbons (Fsp3) is 0.533. The molecule has 6 heteroatoms. The molecule has 0 amide bonds. The second-order valence-corrected chi connectivity index (χ2v) is 6.03. The van der Waals surface area contributed by atoms with Crippen LogP contribution in [0.3, 0.4) is 0 Å². The van der Waals surface area contributed by atoms with Crippen LogP contribution in [0.5, 0.6) is 5.75 Å². The molecule has 0 atom stereocenters. The Morgan fingerprint density at radius 2 is 2.14 bits per heavy atom. The second-order valence-electron chi connectivity index (χ2n) is 6.03. The van der Waals surface area contributed by atoms with Crippen LogP contribution in [0, 0.1) is 5.92 Å². The predicted molar refractivity (Wildman–Crippen MR) is 80.9 cm³/mol. The summed E-state index contributed by atoms with van der Waals surface area (Å²) in [5.41, 5.74) is 7.48. The lowest BCUT2D eigenvalue weighted by Crippen LogP contribution is -2.30. The summed E-state index contributed by atoms with van der Waals surface area (Å²) in [5.74, 6) is 2.09. The molecule has 1 aromatic heterocycles. The molecule has 6 nitrogen and oxygen atoms in total. The fourth-order valence-corrected chi connectivity index (χ4v) is 2.69. The van der Waals surface area contributed by atoms with Crippen LogP contribution in [-0.2, 0) is 5.54 Å². The van der Waals surface area contributed by atoms with E-state index in [-0.39, 0.29) is 5.54 Å². The molecule has 0 spiro atoms. The fourth-order valence-electron chi connectivity index (χ4n) is 2.69. The number of hydrogen-bond donors (Lipinski definition) is 1. The van der Waals surface area contributed by atoms with E-state index in [0.29, 0.717) is 24.0 Å². The van der Waals surface area contributed by atoms with Gasteiger partial charge >= 0.3 is 0 Å². The number of nitrogen functional groups attached to an aromatic ring is 1. The van der Waals surface area contributed by atoms with Crippen LogP contribution >= 0.6 is 0 Å². The predicted octanol–water partition coefficient (Wildman–Crippen LogP) is 2.47. The van der Waals surface area contributed by atoms with Crippen LogP contribution in [0.25, 0.3) is 11.4 Å². The van der Waals surface area contributed by atoms with Gasteiger partial charge in [0, 0.05) is 5.56 Å². The largest absolute Gasteiger partial charge is 0.492 e. The minimum atomic E-state index is -0.0772. The molecular weight excluding hydrogens is 266 g/mol. The maximum atomic E-state index is 6.04. The van der Waals surface area contributed by atoms with Gasteiger partial charge in [0.15, 0.2) is 5.82 Å². The number of nitrogens with zero attached hydrogens (tertiary/aromatic N) is 4. The molecule has 0 saturated heterocycles. The third kappa shape index (κ3) is 2.46. The van der Waals surface area contributed by atoms with Crippen LogP contribution in [0.4, 0.5) is 5.69 Å². The lowest BCUT2D eigenvalue weighted by molar-refractivity contribution is 0.271. The number of aromatic nitrogens is 4. The molecule has 0 bridgehead atoms. The molecule has 21 heavy (non-hydrogen) atoms. The van der Waals surface area contributed by atoms with E-state index in [9.17, 15) is 0 Å². The lowest BCUT2D eigenvalue weighted by atomic mass is 9.98. The third-order valence-electron chi connectivity index (χ3n) is 4.16. The van der Waals surface area contributed by atoms with Crippen molar-refractivity contribution in [2.45, 2.75) is 39.2 Å². The van der Waals surface area contributed by atoms with Gasteiger partial charge in [-0.1, -0.05) is 0 Å². The Hall–Kier alpha value is -2.11. The summed E-state index contributed by atoms with van der Waals surface area (Å²) in [6, 6.07) is 5.69. The summed E-state index contributed by atoms with van der Waals surface area (Å²) >= 11 is 0. The van der Waals surface area contributed by atoms with E-state index < -0.39 is 0 Å². The van der Waals surface area contributed by atoms with E-state index in [0.717, 1.165) is 11.4 Å². The molecule has 0 radical (unpaired) electrons. The number of rotatable bonds is 5. The summed E-state index contributed by atoms with van der Waals surface area (Å²) < 4.78 is 7.39. The van der Waals surface area contributed by atoms with Crippen molar-refractivity contribution in [3.63, 3.8) is 0 Å². The monoisotopic (exact) mass is 287 g/mol. The van der Waals surface area contributed by atoms with Crippen molar-refractivity contribution in [3.8, 4) is 17.1 Å². The zero-order chi connectivity index (χ0) is 15.0. The Balaban J connectivity index is 1.98. The first-order chi connectivity index (χ1) is 10.0. The summed E-state index contributed by atoms with van der Waals surface area (Å²) in [6.45, 7) is 6.90. The molecule has 1 aliphatic carbocycles. The highest BCUT2D eigenvalue weighted by Crippen LogP contribution is 2.44. The Bertz CT molecular complexity index is 645. The summed E-state index contributed by atoms with van der Waals surface area (Å²) in [6.07, 6.45) is 2.47. The summed E-state index contributed by atoms with van der Waals surface area (Å²) in [5, 5.41) is 12.2. The Labute approximate surface area is 124 Å². The lowest BCUT2D eigenvalue weighted by Gasteiger charge is -2.25. The van der Waals surface area contributed by atoms with Gasteiger partial charge in [0.2, 0.25) is 0 Å². The molecular formula is C15H21N5O. The third-order valence-corrected chi connectivity index (χ3v) is 4.16. The summed E-state index contributed by atoms with van der Waals surface area (Å²) in [4.78, 5) is 0. The van der Waals surface area contributed by atoms with Gasteiger partial charge in [-0.3, -0.25) is 0 Å². The van der Waals surface area contributed by atoms with Gasteiger partial charge in [-0.15, -0.1) is 5.10 Å². The van der Waals surface area contributed by atoms with Gasteiger partial charge in [-0.2, -0.15) is 0 Å². The van der Waals surface area contributed by atoms with Crippen LogP contribution in [0.2, 0.25) is 0 Å². The SMILES string of the molecule is CCOc1ccc(-c2nnnn2C(C)(C)C2CC2)cc1N. The molecule has 0 unspecified atom stereocenters. The van der Waals surface area contributed by atoms with Gasteiger partial charge in [-0.05, 0) is 68.2 Å². The topological polar surface area (TPSA) is 78.9 Å². The number of tetrazole rings is 1. The van der Waals surface area contributed by atoms with E-state index >= 15 is 0 Å². The van der Waals surface area contributed by atoms with Crippen molar-refractivity contribution in [3.05, 3.63) is 18.2 Å². The van der Waals surface area contributed by atoms with Crippen LogP contribution in [0.15, 0.2) is 18.2 Å². The van der Waals surface area contributed by atoms with E-state index in [1.54, 1.807) is 0 Å². The highest BCUT2D eigenvalue weighted by atomic mass is 16.5. The number of nitrogens with two attached hydrogens (primary N) is 1. The normalized spacial score (nSPS) is 15.2. The highest BCUT2D eigenvalue weighted by molar-refractivity contribution is 5.66. The van der Waals surface area contributed by atoms with Crippen molar-refractivity contribution < 1.29 is 4.74 Å². The average molecular weight is 287 g/mol. The molecule has 1 heterocycles. The smallest absolute Gasteiger partial charge is 0.182 e. The van der Waals surface area contributed by atoms with E-state index in [4.69, 9.17) is 10.5 Å². The molecule has 1 saturated carbocycles. The number of ether oxygens (including phenoxy) is 1. The van der Waals surface area contributed by atoms with E-state index in [2.05, 4.69) is 29.4 Å². The van der Waals surface area contributed by atoms with Gasteiger partial charge < -0.3 is 10.5 Å². The molecule has 3 rings (SSSR count). The Kier molecular flexibility index (Phi) is 3.31. The van der Waals surface area contributed by atoms with Gasteiger partial charge in [0.1, 0.15) is 5.75 Å². The molecule has 2 N–H and O–H groups in total. The van der Waals surface area contributed by atoms with Crippen LogP contribution in [0.1, 0.15) is 33.6 Å². The molecule has 2 aromatic rings. The van der Waals surface area contributed by atoms with Crippen molar-refractivity contribution in [1.82, 2.24) is 20.2 Å². The zero-order valence-electron chi connectivity index (χ0n) is 12.7. The van der Waals surface area contributed by atoms with Crippen LogP contribution in [-0.4, -0.2) is 26.8 Å². The molecule has 1 aromatic carbocycles. The standard InChI is InChI=1S/C15H21N5O/c1-4-21-13-8-5-10(9-12(13)16)14-17-18-19-20(14)15(2,3)11-6-7-11/h5,8-9,11H,4,6-7,16H2,1-3H3. The van der Waals surface area contributed by atoms with Gasteiger partial charge in [-0.25, -0.2) is 4.68 Å². The molecule has 0 aliphatic heterocycles. The first-order valence-corrected chi connectivity index (χ1v) is 7.35. The minimum absolute atomic E-state index is 0.0772. The number of benzene rings is 1. The van der Waals surface area contributed by atoms with E-state index in [1.807, 2.05) is 29.8 Å². The van der Waals surface area contributed by atoms with Crippen molar-refractivity contribution in [2.24, 2.45) is 5.92 Å². The maximum absolute atomic E-state index is 6.04. The van der Waals surface area contributed by atoms with Gasteiger partial charge in [0.05, 0.1) is 17.8 Å². The van der Waals surface area contributed by atoms with Crippen LogP contribution < -0.4 is 10.5 Å². The first kappa shape index (κ1) is 13.9. The van der Waals surface area contributed by atoms with Crippen molar-refractivity contribution in [1.29, 1.82) is 0 Å². The summed E-state index contributed by atoms with van der Waals surface area (Å²) in [7, 11) is 0. The second kappa shape index (κ2) is 5.02. The first-order valence-electron chi connectivity index (χ1n) is 7.35. The number of anilines is 1. The molecule has 112 valence electrons. The average Bonchev–Trinajstić information content (AvgIpc) is 3.19. The highest BCUT2D eigenvalue weighted by Gasteiger charge is 2.41. The quantitative estimate of drug-likeness (QED) is 0.855. The van der Waals surface area contributed by atoms with Gasteiger partial charge in [0.25, 0.3) is 0 Å². The number of hydrogen-bond acceptors (Lipinski definition) is 5. The van der Waals surface area contributed by atoms with Crippen molar-refractivity contribution in [2.75, 3.05) is 12.3 Å². The van der Waals surface area contributed by atoms with E-state index in [1.165, 1.54) is 12.8 Å². The van der Waals surface area contributed by atoms with Crippen molar-refractivity contribution >= 4 is 5.69 Å². The molecule has 1 aliphatic rings. The Morgan fingerprint density at radius 3 is 2.76 bits per heavy atom. The molecule has 1 fully saturated rings. The zero-order valence-corrected chi connectivity index (χ0v) is 12.7. The Morgan fingerprint density at radius 1 is 1.38 bits per heavy atom.